The minimum atomic E-state index is 0.159. The molecule has 0 aliphatic rings. The molecule has 1 atom stereocenters. The fraction of sp³-hybridized carbons (Fsp3) is 0.533. The van der Waals surface area contributed by atoms with E-state index < -0.39 is 0 Å². The number of nitrogens with two attached hydrogens (primary N) is 1. The zero-order valence-electron chi connectivity index (χ0n) is 12.1. The van der Waals surface area contributed by atoms with E-state index in [4.69, 9.17) is 10.5 Å². The van der Waals surface area contributed by atoms with E-state index in [2.05, 4.69) is 0 Å². The van der Waals surface area contributed by atoms with Crippen molar-refractivity contribution in [2.75, 3.05) is 27.2 Å². The molecule has 4 nitrogen and oxygen atoms in total. The van der Waals surface area contributed by atoms with Gasteiger partial charge < -0.3 is 15.4 Å². The van der Waals surface area contributed by atoms with Crippen molar-refractivity contribution < 1.29 is 9.53 Å². The van der Waals surface area contributed by atoms with Gasteiger partial charge in [0, 0.05) is 20.0 Å². The molecule has 0 fully saturated rings. The highest BCUT2D eigenvalue weighted by molar-refractivity contribution is 5.76. The van der Waals surface area contributed by atoms with Crippen LogP contribution in [0, 0.1) is 5.92 Å². The molecule has 0 radical (unpaired) electrons. The number of hydrogen-bond donors (Lipinski definition) is 1. The smallest absolute Gasteiger partial charge is 0.222 e. The number of methoxy groups -OCH3 is 1. The first-order chi connectivity index (χ1) is 9.06. The van der Waals surface area contributed by atoms with Gasteiger partial charge in [-0.15, -0.1) is 0 Å². The first-order valence-corrected chi connectivity index (χ1v) is 6.63. The number of hydrogen-bond acceptors (Lipinski definition) is 3. The molecular formula is C15H24N2O2. The van der Waals surface area contributed by atoms with Crippen LogP contribution in [0.1, 0.15) is 18.9 Å². The molecule has 0 saturated heterocycles. The number of amides is 1. The average molecular weight is 264 g/mol. The van der Waals surface area contributed by atoms with Gasteiger partial charge in [-0.1, -0.05) is 19.1 Å². The second-order valence-corrected chi connectivity index (χ2v) is 4.96. The Morgan fingerprint density at radius 2 is 2.00 bits per heavy atom. The van der Waals surface area contributed by atoms with Gasteiger partial charge >= 0.3 is 0 Å². The summed E-state index contributed by atoms with van der Waals surface area (Å²) in [6.07, 6.45) is 1.37. The second kappa shape index (κ2) is 7.79. The lowest BCUT2D eigenvalue weighted by molar-refractivity contribution is -0.130. The van der Waals surface area contributed by atoms with Gasteiger partial charge in [-0.2, -0.15) is 0 Å². The molecule has 1 amide bonds. The summed E-state index contributed by atoms with van der Waals surface area (Å²) in [5.74, 6) is 1.26. The van der Waals surface area contributed by atoms with E-state index >= 15 is 0 Å². The predicted molar refractivity (Wildman–Crippen MR) is 77.2 cm³/mol. The molecule has 1 aromatic rings. The largest absolute Gasteiger partial charge is 0.497 e. The van der Waals surface area contributed by atoms with Crippen LogP contribution in [0.2, 0.25) is 0 Å². The van der Waals surface area contributed by atoms with Crippen LogP contribution in [0.5, 0.6) is 5.75 Å². The first-order valence-electron chi connectivity index (χ1n) is 6.63. The van der Waals surface area contributed by atoms with Crippen molar-refractivity contribution in [2.45, 2.75) is 19.8 Å². The summed E-state index contributed by atoms with van der Waals surface area (Å²) in [6, 6.07) is 7.93. The van der Waals surface area contributed by atoms with E-state index in [1.807, 2.05) is 38.2 Å². The minimum absolute atomic E-state index is 0.159. The predicted octanol–water partition coefficient (Wildman–Crippen LogP) is 1.68. The molecule has 0 aliphatic heterocycles. The second-order valence-electron chi connectivity index (χ2n) is 4.96. The van der Waals surface area contributed by atoms with Crippen LogP contribution in [0.25, 0.3) is 0 Å². The summed E-state index contributed by atoms with van der Waals surface area (Å²) in [5, 5.41) is 0. The lowest BCUT2D eigenvalue weighted by atomic mass is 10.1. The number of rotatable bonds is 7. The highest BCUT2D eigenvalue weighted by Gasteiger charge is 2.12. The highest BCUT2D eigenvalue weighted by atomic mass is 16.5. The molecular weight excluding hydrogens is 240 g/mol. The molecule has 1 unspecified atom stereocenters. The molecule has 4 heteroatoms. The van der Waals surface area contributed by atoms with E-state index in [-0.39, 0.29) is 11.8 Å². The van der Waals surface area contributed by atoms with Crippen LogP contribution >= 0.6 is 0 Å². The van der Waals surface area contributed by atoms with Crippen LogP contribution in [0.4, 0.5) is 0 Å². The highest BCUT2D eigenvalue weighted by Crippen LogP contribution is 2.12. The van der Waals surface area contributed by atoms with E-state index in [9.17, 15) is 4.79 Å². The SMILES string of the molecule is COc1ccc(CCN(C)C(=O)CC(C)CN)cc1. The van der Waals surface area contributed by atoms with Gasteiger partial charge in [0.05, 0.1) is 7.11 Å². The number of carbonyl (C=O) groups excluding carboxylic acids is 1. The standard InChI is InChI=1S/C15H24N2O2/c1-12(11-16)10-15(18)17(2)9-8-13-4-6-14(19-3)7-5-13/h4-7,12H,8-11,16H2,1-3H3. The normalized spacial score (nSPS) is 12.0. The average Bonchev–Trinajstić information content (AvgIpc) is 2.44. The Bertz CT molecular complexity index is 390. The van der Waals surface area contributed by atoms with Gasteiger partial charge in [0.2, 0.25) is 5.91 Å². The van der Waals surface area contributed by atoms with Crippen molar-refractivity contribution in [3.63, 3.8) is 0 Å². The molecule has 0 saturated carbocycles. The van der Waals surface area contributed by atoms with E-state index in [0.29, 0.717) is 13.0 Å². The zero-order chi connectivity index (χ0) is 14.3. The molecule has 0 bridgehead atoms. The monoisotopic (exact) mass is 264 g/mol. The molecule has 0 aliphatic carbocycles. The third kappa shape index (κ3) is 5.30. The molecule has 2 N–H and O–H groups in total. The number of benzene rings is 1. The summed E-state index contributed by atoms with van der Waals surface area (Å²) < 4.78 is 5.11. The summed E-state index contributed by atoms with van der Waals surface area (Å²) in [7, 11) is 3.50. The number of carbonyl (C=O) groups is 1. The van der Waals surface area contributed by atoms with Crippen LogP contribution in [-0.2, 0) is 11.2 Å². The van der Waals surface area contributed by atoms with Crippen molar-refractivity contribution in [3.8, 4) is 5.75 Å². The summed E-state index contributed by atoms with van der Waals surface area (Å²) in [6.45, 7) is 3.27. The quantitative estimate of drug-likeness (QED) is 0.815. The maximum absolute atomic E-state index is 11.9. The van der Waals surface area contributed by atoms with Gasteiger partial charge in [-0.3, -0.25) is 4.79 Å². The third-order valence-corrected chi connectivity index (χ3v) is 3.25. The van der Waals surface area contributed by atoms with E-state index in [0.717, 1.165) is 18.7 Å². The third-order valence-electron chi connectivity index (χ3n) is 3.25. The molecule has 1 aromatic carbocycles. The van der Waals surface area contributed by atoms with Crippen molar-refractivity contribution in [2.24, 2.45) is 11.7 Å². The van der Waals surface area contributed by atoms with Gasteiger partial charge in [0.1, 0.15) is 5.75 Å². The topological polar surface area (TPSA) is 55.6 Å². The Morgan fingerprint density at radius 1 is 1.37 bits per heavy atom. The van der Waals surface area contributed by atoms with E-state index in [1.54, 1.807) is 12.0 Å². The van der Waals surface area contributed by atoms with Crippen LogP contribution < -0.4 is 10.5 Å². The Kier molecular flexibility index (Phi) is 6.36. The van der Waals surface area contributed by atoms with Gasteiger partial charge in [-0.05, 0) is 36.6 Å². The summed E-state index contributed by atoms with van der Waals surface area (Å²) in [4.78, 5) is 13.7. The number of likely N-dealkylation sites (N-methyl/N-ethyl adjacent to an activating group) is 1. The van der Waals surface area contributed by atoms with Gasteiger partial charge in [0.15, 0.2) is 0 Å². The van der Waals surface area contributed by atoms with Crippen LogP contribution in [-0.4, -0.2) is 38.1 Å². The van der Waals surface area contributed by atoms with Crippen molar-refractivity contribution in [1.29, 1.82) is 0 Å². The molecule has 106 valence electrons. The number of nitrogens with zero attached hydrogens (tertiary/aromatic N) is 1. The minimum Gasteiger partial charge on any atom is -0.497 e. The molecule has 0 aromatic heterocycles. The van der Waals surface area contributed by atoms with Crippen LogP contribution in [0.15, 0.2) is 24.3 Å². The van der Waals surface area contributed by atoms with Gasteiger partial charge in [-0.25, -0.2) is 0 Å². The van der Waals surface area contributed by atoms with Crippen molar-refractivity contribution in [1.82, 2.24) is 4.90 Å². The Hall–Kier alpha value is -1.55. The molecule has 0 heterocycles. The summed E-state index contributed by atoms with van der Waals surface area (Å²) >= 11 is 0. The maximum atomic E-state index is 11.9. The molecule has 0 spiro atoms. The molecule has 19 heavy (non-hydrogen) atoms. The fourth-order valence-corrected chi connectivity index (χ4v) is 1.75. The Balaban J connectivity index is 2.40. The summed E-state index contributed by atoms with van der Waals surface area (Å²) in [5.41, 5.74) is 6.73. The first kappa shape index (κ1) is 15.5. The Labute approximate surface area is 115 Å². The van der Waals surface area contributed by atoms with E-state index in [1.165, 1.54) is 5.56 Å². The maximum Gasteiger partial charge on any atom is 0.222 e. The zero-order valence-corrected chi connectivity index (χ0v) is 12.1. The van der Waals surface area contributed by atoms with Crippen LogP contribution in [0.3, 0.4) is 0 Å². The number of ether oxygens (including phenoxy) is 1. The van der Waals surface area contributed by atoms with Crippen molar-refractivity contribution >= 4 is 5.91 Å². The lowest BCUT2D eigenvalue weighted by Gasteiger charge is -2.19. The van der Waals surface area contributed by atoms with Gasteiger partial charge in [0.25, 0.3) is 0 Å². The Morgan fingerprint density at radius 3 is 2.53 bits per heavy atom. The lowest BCUT2D eigenvalue weighted by Crippen LogP contribution is -2.31. The van der Waals surface area contributed by atoms with Crippen molar-refractivity contribution in [3.05, 3.63) is 29.8 Å². The fourth-order valence-electron chi connectivity index (χ4n) is 1.75. The molecule has 1 rings (SSSR count).